The minimum atomic E-state index is -1.05. The number of aryl methyl sites for hydroxylation is 1. The lowest BCUT2D eigenvalue weighted by atomic mass is 9.82. The topological polar surface area (TPSA) is 72.9 Å². The molecule has 7 nitrogen and oxygen atoms in total. The molecule has 1 aliphatic carbocycles. The Kier molecular flexibility index (Phi) is 4.46. The van der Waals surface area contributed by atoms with Gasteiger partial charge in [-0.05, 0) is 43.9 Å². The van der Waals surface area contributed by atoms with Gasteiger partial charge in [0.1, 0.15) is 17.3 Å². The second-order valence-electron chi connectivity index (χ2n) is 7.88. The maximum absolute atomic E-state index is 13.6. The summed E-state index contributed by atoms with van der Waals surface area (Å²) in [6, 6.07) is 6.30. The van der Waals surface area contributed by atoms with E-state index in [-0.39, 0.29) is 6.54 Å². The Morgan fingerprint density at radius 2 is 2.10 bits per heavy atom. The van der Waals surface area contributed by atoms with E-state index < -0.39 is 5.91 Å². The van der Waals surface area contributed by atoms with Crippen LogP contribution in [-0.4, -0.2) is 41.1 Å². The summed E-state index contributed by atoms with van der Waals surface area (Å²) in [5.74, 6) is 1.11. The summed E-state index contributed by atoms with van der Waals surface area (Å²) in [5.41, 5.74) is 4.04. The first-order valence-electron chi connectivity index (χ1n) is 9.83. The molecular formula is C20H23FN7P. The Hall–Kier alpha value is -2.60. The number of halogens is 1. The largest absolute Gasteiger partial charge is 0.350 e. The van der Waals surface area contributed by atoms with Crippen molar-refractivity contribution < 1.29 is 4.39 Å². The van der Waals surface area contributed by atoms with Crippen LogP contribution in [0.1, 0.15) is 25.6 Å². The molecule has 4 aromatic heterocycles. The number of aromatic nitrogens is 6. The van der Waals surface area contributed by atoms with Crippen LogP contribution in [0.4, 0.5) is 10.3 Å². The Morgan fingerprint density at radius 1 is 1.28 bits per heavy atom. The number of alkyl halides is 1. The third-order valence-electron chi connectivity index (χ3n) is 5.54. The number of imidazole rings is 1. The highest BCUT2D eigenvalue weighted by Gasteiger charge is 2.25. The molecule has 0 bridgehead atoms. The molecule has 2 unspecified atom stereocenters. The highest BCUT2D eigenvalue weighted by atomic mass is 31.0. The third-order valence-corrected chi connectivity index (χ3v) is 5.75. The summed E-state index contributed by atoms with van der Waals surface area (Å²) >= 11 is 0. The molecule has 1 N–H and O–H groups in total. The smallest absolute Gasteiger partial charge is 0.241 e. The third kappa shape index (κ3) is 3.35. The summed E-state index contributed by atoms with van der Waals surface area (Å²) < 4.78 is 17.2. The van der Waals surface area contributed by atoms with Crippen molar-refractivity contribution >= 4 is 31.9 Å². The van der Waals surface area contributed by atoms with Gasteiger partial charge in [-0.2, -0.15) is 0 Å². The van der Waals surface area contributed by atoms with Gasteiger partial charge in [0, 0.05) is 17.8 Å². The normalized spacial score (nSPS) is 20.1. The molecule has 29 heavy (non-hydrogen) atoms. The maximum atomic E-state index is 13.6. The molecule has 0 aromatic carbocycles. The van der Waals surface area contributed by atoms with Crippen molar-refractivity contribution in [1.29, 1.82) is 0 Å². The van der Waals surface area contributed by atoms with E-state index in [1.54, 1.807) is 0 Å². The lowest BCUT2D eigenvalue weighted by Crippen LogP contribution is -2.34. The fourth-order valence-corrected chi connectivity index (χ4v) is 4.25. The Labute approximate surface area is 170 Å². The van der Waals surface area contributed by atoms with Crippen LogP contribution in [-0.2, 0) is 6.54 Å². The van der Waals surface area contributed by atoms with Gasteiger partial charge in [-0.25, -0.2) is 23.9 Å². The zero-order chi connectivity index (χ0) is 20.1. The van der Waals surface area contributed by atoms with Gasteiger partial charge in [0.05, 0.1) is 24.0 Å². The summed E-state index contributed by atoms with van der Waals surface area (Å²) in [6.07, 6.45) is 6.05. The first-order valence-corrected chi connectivity index (χ1v) is 10.5. The van der Waals surface area contributed by atoms with Crippen molar-refractivity contribution in [2.24, 2.45) is 5.92 Å². The van der Waals surface area contributed by atoms with Crippen molar-refractivity contribution in [2.75, 3.05) is 5.32 Å². The van der Waals surface area contributed by atoms with E-state index >= 15 is 0 Å². The molecule has 0 aliphatic heterocycles. The monoisotopic (exact) mass is 411 g/mol. The number of anilines is 1. The Bertz CT molecular complexity index is 1190. The molecule has 0 amide bonds. The van der Waals surface area contributed by atoms with Gasteiger partial charge in [0.25, 0.3) is 0 Å². The van der Waals surface area contributed by atoms with E-state index in [2.05, 4.69) is 36.5 Å². The second kappa shape index (κ2) is 7.02. The molecule has 1 aliphatic rings. The molecule has 2 atom stereocenters. The molecule has 9 heteroatoms. The summed E-state index contributed by atoms with van der Waals surface area (Å²) in [7, 11) is 2.18. The molecule has 150 valence electrons. The molecule has 0 saturated heterocycles. The van der Waals surface area contributed by atoms with Gasteiger partial charge in [-0.3, -0.25) is 0 Å². The van der Waals surface area contributed by atoms with Crippen molar-refractivity contribution in [3.8, 4) is 11.3 Å². The van der Waals surface area contributed by atoms with Crippen LogP contribution >= 0.6 is 9.24 Å². The molecule has 0 spiro atoms. The number of hydrogen-bond acceptors (Lipinski definition) is 5. The number of hydrogen-bond donors (Lipinski definition) is 1. The lowest BCUT2D eigenvalue weighted by molar-refractivity contribution is 0.307. The zero-order valence-corrected chi connectivity index (χ0v) is 17.5. The van der Waals surface area contributed by atoms with Crippen molar-refractivity contribution in [1.82, 2.24) is 29.1 Å². The standard InChI is InChI=1S/C20H23FN7P/c1-11-7-13(8-11)24-20-22-9-17-14(5-6-28(17)26-20)15-3-4-16-19(25-15)27(10-18(21)29)12(2)23-16/h3-6,9,11,13,18H,7-8,10,29H2,1-2H3,(H,24,26). The number of fused-ring (bicyclic) bond motifs is 2. The molecule has 1 saturated carbocycles. The van der Waals surface area contributed by atoms with E-state index in [9.17, 15) is 4.39 Å². The first kappa shape index (κ1) is 18.4. The number of pyridine rings is 1. The first-order chi connectivity index (χ1) is 14.0. The quantitative estimate of drug-likeness (QED) is 0.506. The molecule has 5 rings (SSSR count). The van der Waals surface area contributed by atoms with Crippen LogP contribution in [0.15, 0.2) is 30.6 Å². The van der Waals surface area contributed by atoms with Crippen LogP contribution in [0.5, 0.6) is 0 Å². The minimum Gasteiger partial charge on any atom is -0.350 e. The van der Waals surface area contributed by atoms with Crippen LogP contribution in [0.2, 0.25) is 0 Å². The van der Waals surface area contributed by atoms with Gasteiger partial charge in [0.15, 0.2) is 5.65 Å². The zero-order valence-electron chi connectivity index (χ0n) is 16.4. The van der Waals surface area contributed by atoms with Crippen LogP contribution in [0, 0.1) is 12.8 Å². The van der Waals surface area contributed by atoms with Crippen molar-refractivity contribution in [2.45, 2.75) is 45.2 Å². The van der Waals surface area contributed by atoms with E-state index in [0.29, 0.717) is 17.6 Å². The van der Waals surface area contributed by atoms with Crippen LogP contribution < -0.4 is 5.32 Å². The van der Waals surface area contributed by atoms with Gasteiger partial charge in [-0.1, -0.05) is 16.2 Å². The number of nitrogens with one attached hydrogen (secondary N) is 1. The minimum absolute atomic E-state index is 0.206. The Morgan fingerprint density at radius 3 is 2.86 bits per heavy atom. The van der Waals surface area contributed by atoms with E-state index in [1.165, 1.54) is 0 Å². The fraction of sp³-hybridized carbons (Fsp3) is 0.400. The molecular weight excluding hydrogens is 388 g/mol. The predicted octanol–water partition coefficient (Wildman–Crippen LogP) is 3.83. The maximum Gasteiger partial charge on any atom is 0.241 e. The van der Waals surface area contributed by atoms with E-state index in [1.807, 2.05) is 46.6 Å². The lowest BCUT2D eigenvalue weighted by Gasteiger charge is -2.33. The SMILES string of the molecule is Cc1nc2ccc(-c3ccn4nc(NC5CC(C)C5)ncc34)nc2n1CC(F)P. The van der Waals surface area contributed by atoms with Crippen LogP contribution in [0.3, 0.4) is 0 Å². The predicted molar refractivity (Wildman–Crippen MR) is 115 cm³/mol. The van der Waals surface area contributed by atoms with Gasteiger partial charge >= 0.3 is 0 Å². The van der Waals surface area contributed by atoms with E-state index in [0.717, 1.165) is 46.9 Å². The highest BCUT2D eigenvalue weighted by Crippen LogP contribution is 2.29. The summed E-state index contributed by atoms with van der Waals surface area (Å²) in [5, 5.41) is 7.98. The highest BCUT2D eigenvalue weighted by molar-refractivity contribution is 7.17. The molecule has 4 heterocycles. The number of rotatable bonds is 5. The van der Waals surface area contributed by atoms with Crippen molar-refractivity contribution in [3.63, 3.8) is 0 Å². The number of nitrogens with zero attached hydrogens (tertiary/aromatic N) is 6. The average molecular weight is 411 g/mol. The van der Waals surface area contributed by atoms with Gasteiger partial charge in [0.2, 0.25) is 5.95 Å². The van der Waals surface area contributed by atoms with E-state index in [4.69, 9.17) is 4.98 Å². The van der Waals surface area contributed by atoms with Gasteiger partial charge in [-0.15, -0.1) is 5.10 Å². The second-order valence-corrected chi connectivity index (χ2v) is 8.61. The fourth-order valence-electron chi connectivity index (χ4n) is 4.04. The summed E-state index contributed by atoms with van der Waals surface area (Å²) in [4.78, 5) is 13.8. The molecule has 1 fully saturated rings. The van der Waals surface area contributed by atoms with Gasteiger partial charge < -0.3 is 9.88 Å². The average Bonchev–Trinajstić information content (AvgIpc) is 3.21. The van der Waals surface area contributed by atoms with Crippen LogP contribution in [0.25, 0.3) is 27.9 Å². The molecule has 0 radical (unpaired) electrons. The summed E-state index contributed by atoms with van der Waals surface area (Å²) in [6.45, 7) is 4.33. The Balaban J connectivity index is 1.50. The molecule has 4 aromatic rings. The van der Waals surface area contributed by atoms with Crippen molar-refractivity contribution in [3.05, 3.63) is 36.4 Å².